The second kappa shape index (κ2) is 9.45. The van der Waals surface area contributed by atoms with Crippen molar-refractivity contribution in [1.82, 2.24) is 45.2 Å². The third-order valence-electron chi connectivity index (χ3n) is 6.53. The van der Waals surface area contributed by atoms with Crippen LogP contribution in [-0.2, 0) is 4.74 Å². The molecule has 1 saturated heterocycles. The van der Waals surface area contributed by atoms with Crippen molar-refractivity contribution < 1.29 is 4.74 Å². The Bertz CT molecular complexity index is 1750. The highest BCUT2D eigenvalue weighted by Gasteiger charge is 2.21. The number of anilines is 1. The van der Waals surface area contributed by atoms with Gasteiger partial charge in [0.15, 0.2) is 11.5 Å². The number of morpholine rings is 1. The number of aromatic nitrogens is 9. The van der Waals surface area contributed by atoms with Crippen LogP contribution in [0.5, 0.6) is 0 Å². The van der Waals surface area contributed by atoms with Gasteiger partial charge in [-0.1, -0.05) is 24.3 Å². The number of ether oxygens (including phenoxy) is 1. The fourth-order valence-corrected chi connectivity index (χ4v) is 4.67. The molecule has 0 bridgehead atoms. The van der Waals surface area contributed by atoms with Crippen LogP contribution in [0.2, 0.25) is 0 Å². The smallest absolute Gasteiger partial charge is 0.198 e. The molecule has 11 heteroatoms. The molecule has 0 saturated carbocycles. The zero-order valence-corrected chi connectivity index (χ0v) is 20.3. The Morgan fingerprint density at radius 1 is 0.921 bits per heavy atom. The van der Waals surface area contributed by atoms with E-state index in [0.29, 0.717) is 24.7 Å². The predicted molar refractivity (Wildman–Crippen MR) is 143 cm³/mol. The molecule has 38 heavy (non-hydrogen) atoms. The van der Waals surface area contributed by atoms with Crippen molar-refractivity contribution in [3.05, 3.63) is 78.4 Å². The number of aromatic amines is 1. The SMILES string of the molecule is C(=Cc1nc2c(N3CCOCC3)ccnn2c1-c1ccc(-c2nnn[nH]2)nc1)c1ccc2ccccc2n1. The van der Waals surface area contributed by atoms with Crippen LogP contribution in [0.25, 0.3) is 51.5 Å². The van der Waals surface area contributed by atoms with Crippen molar-refractivity contribution in [2.75, 3.05) is 31.2 Å². The summed E-state index contributed by atoms with van der Waals surface area (Å²) in [4.78, 5) is 16.7. The largest absolute Gasteiger partial charge is 0.378 e. The molecule has 0 atom stereocenters. The Hall–Kier alpha value is -5.03. The van der Waals surface area contributed by atoms with Crippen LogP contribution in [-0.4, -0.2) is 71.5 Å². The normalized spacial score (nSPS) is 14.2. The lowest BCUT2D eigenvalue weighted by atomic mass is 10.1. The lowest BCUT2D eigenvalue weighted by Gasteiger charge is -2.28. The van der Waals surface area contributed by atoms with Crippen molar-refractivity contribution in [3.8, 4) is 22.8 Å². The maximum atomic E-state index is 5.56. The van der Waals surface area contributed by atoms with Crippen molar-refractivity contribution in [3.63, 3.8) is 0 Å². The number of fused-ring (bicyclic) bond motifs is 2. The maximum absolute atomic E-state index is 5.56. The molecule has 0 spiro atoms. The molecule has 11 nitrogen and oxygen atoms in total. The van der Waals surface area contributed by atoms with Crippen LogP contribution in [0.4, 0.5) is 5.69 Å². The summed E-state index contributed by atoms with van der Waals surface area (Å²) in [6, 6.07) is 18.0. The topological polar surface area (TPSA) is 123 Å². The van der Waals surface area contributed by atoms with Gasteiger partial charge in [0.05, 0.1) is 42.0 Å². The number of hydrogen-bond donors (Lipinski definition) is 1. The number of benzene rings is 1. The first kappa shape index (κ1) is 22.2. The summed E-state index contributed by atoms with van der Waals surface area (Å²) < 4.78 is 7.44. The molecule has 5 aromatic heterocycles. The van der Waals surface area contributed by atoms with E-state index in [1.54, 1.807) is 6.20 Å². The molecule has 7 rings (SSSR count). The molecule has 1 aliphatic rings. The summed E-state index contributed by atoms with van der Waals surface area (Å²) in [5.74, 6) is 0.505. The Morgan fingerprint density at radius 3 is 2.68 bits per heavy atom. The van der Waals surface area contributed by atoms with E-state index < -0.39 is 0 Å². The molecule has 1 N–H and O–H groups in total. The summed E-state index contributed by atoms with van der Waals surface area (Å²) >= 11 is 0. The molecule has 1 fully saturated rings. The first-order valence-corrected chi connectivity index (χ1v) is 12.3. The lowest BCUT2D eigenvalue weighted by molar-refractivity contribution is 0.123. The second-order valence-electron chi connectivity index (χ2n) is 8.84. The minimum Gasteiger partial charge on any atom is -0.378 e. The predicted octanol–water partition coefficient (Wildman–Crippen LogP) is 3.53. The van der Waals surface area contributed by atoms with Crippen LogP contribution in [0, 0.1) is 0 Å². The fourth-order valence-electron chi connectivity index (χ4n) is 4.67. The molecule has 0 aliphatic carbocycles. The third-order valence-corrected chi connectivity index (χ3v) is 6.53. The summed E-state index contributed by atoms with van der Waals surface area (Å²) in [7, 11) is 0. The van der Waals surface area contributed by atoms with Crippen LogP contribution in [0.1, 0.15) is 11.4 Å². The van der Waals surface area contributed by atoms with Gasteiger partial charge < -0.3 is 9.64 Å². The number of para-hydroxylation sites is 1. The number of nitrogens with one attached hydrogen (secondary N) is 1. The lowest BCUT2D eigenvalue weighted by Crippen LogP contribution is -2.36. The van der Waals surface area contributed by atoms with Gasteiger partial charge in [-0.05, 0) is 52.9 Å². The highest BCUT2D eigenvalue weighted by Crippen LogP contribution is 2.31. The molecular weight excluding hydrogens is 480 g/mol. The van der Waals surface area contributed by atoms with E-state index in [2.05, 4.69) is 47.7 Å². The molecular formula is C27H22N10O. The van der Waals surface area contributed by atoms with E-state index in [9.17, 15) is 0 Å². The number of imidazole rings is 1. The van der Waals surface area contributed by atoms with Gasteiger partial charge in [-0.15, -0.1) is 5.10 Å². The van der Waals surface area contributed by atoms with E-state index in [1.165, 1.54) is 0 Å². The van der Waals surface area contributed by atoms with Gasteiger partial charge in [0.2, 0.25) is 0 Å². The van der Waals surface area contributed by atoms with E-state index in [0.717, 1.165) is 58.0 Å². The molecule has 6 aromatic rings. The maximum Gasteiger partial charge on any atom is 0.198 e. The highest BCUT2D eigenvalue weighted by atomic mass is 16.5. The standard InChI is InChI=1S/C27H22N10O/c1-2-4-21-18(3-1)5-7-20(30-21)8-10-22-25(19-6-9-23(28-17-19)26-32-34-35-33-26)37-27(31-22)24(11-12-29-37)36-13-15-38-16-14-36/h1-12,17H,13-16H2,(H,32,33,34,35). The third kappa shape index (κ3) is 4.04. The van der Waals surface area contributed by atoms with Crippen LogP contribution < -0.4 is 4.90 Å². The van der Waals surface area contributed by atoms with Gasteiger partial charge in [0, 0.05) is 30.2 Å². The highest BCUT2D eigenvalue weighted by molar-refractivity contribution is 5.84. The fraction of sp³-hybridized carbons (Fsp3) is 0.148. The van der Waals surface area contributed by atoms with Crippen molar-refractivity contribution >= 4 is 34.4 Å². The Labute approximate surface area is 216 Å². The molecule has 0 radical (unpaired) electrons. The molecule has 1 aliphatic heterocycles. The Balaban J connectivity index is 1.35. The van der Waals surface area contributed by atoms with E-state index in [1.807, 2.05) is 65.3 Å². The Morgan fingerprint density at radius 2 is 1.84 bits per heavy atom. The van der Waals surface area contributed by atoms with Crippen LogP contribution >= 0.6 is 0 Å². The van der Waals surface area contributed by atoms with Crippen LogP contribution in [0.3, 0.4) is 0 Å². The van der Waals surface area contributed by atoms with E-state index in [-0.39, 0.29) is 0 Å². The zero-order valence-electron chi connectivity index (χ0n) is 20.3. The molecule has 0 unspecified atom stereocenters. The van der Waals surface area contributed by atoms with E-state index >= 15 is 0 Å². The van der Waals surface area contributed by atoms with Gasteiger partial charge >= 0.3 is 0 Å². The van der Waals surface area contributed by atoms with Gasteiger partial charge in [-0.2, -0.15) is 5.10 Å². The molecule has 1 aromatic carbocycles. The number of H-pyrrole nitrogens is 1. The number of tetrazole rings is 1. The average Bonchev–Trinajstić information content (AvgIpc) is 3.65. The molecule has 6 heterocycles. The summed E-state index contributed by atoms with van der Waals surface area (Å²) in [5, 5.41) is 19.8. The Kier molecular flexibility index (Phi) is 5.52. The first-order valence-electron chi connectivity index (χ1n) is 12.3. The number of nitrogens with zero attached hydrogens (tertiary/aromatic N) is 9. The van der Waals surface area contributed by atoms with Gasteiger partial charge in [0.1, 0.15) is 11.4 Å². The quantitative estimate of drug-likeness (QED) is 0.377. The second-order valence-corrected chi connectivity index (χ2v) is 8.84. The monoisotopic (exact) mass is 502 g/mol. The van der Waals surface area contributed by atoms with Gasteiger partial charge in [0.25, 0.3) is 0 Å². The van der Waals surface area contributed by atoms with Gasteiger partial charge in [-0.3, -0.25) is 4.98 Å². The number of hydrogen-bond acceptors (Lipinski definition) is 9. The molecule has 0 amide bonds. The minimum atomic E-state index is 0.505. The summed E-state index contributed by atoms with van der Waals surface area (Å²) in [5.41, 5.74) is 6.70. The van der Waals surface area contributed by atoms with Crippen molar-refractivity contribution in [2.45, 2.75) is 0 Å². The first-order chi connectivity index (χ1) is 18.8. The van der Waals surface area contributed by atoms with Crippen molar-refractivity contribution in [2.24, 2.45) is 0 Å². The molecule has 186 valence electrons. The average molecular weight is 503 g/mol. The van der Waals surface area contributed by atoms with E-state index in [4.69, 9.17) is 14.7 Å². The summed E-state index contributed by atoms with van der Waals surface area (Å²) in [6.07, 6.45) is 7.56. The zero-order chi connectivity index (χ0) is 25.3. The van der Waals surface area contributed by atoms with Crippen LogP contribution in [0.15, 0.2) is 67.0 Å². The number of rotatable bonds is 5. The number of pyridine rings is 2. The summed E-state index contributed by atoms with van der Waals surface area (Å²) in [6.45, 7) is 2.97. The van der Waals surface area contributed by atoms with Crippen molar-refractivity contribution in [1.29, 1.82) is 0 Å². The van der Waals surface area contributed by atoms with Gasteiger partial charge in [-0.25, -0.2) is 19.6 Å². The minimum absolute atomic E-state index is 0.505.